The Balaban J connectivity index is 3.08. The fourth-order valence-corrected chi connectivity index (χ4v) is 0.784. The number of rotatable bonds is 2. The lowest BCUT2D eigenvalue weighted by Crippen LogP contribution is -2.02. The molecule has 0 unspecified atom stereocenters. The van der Waals surface area contributed by atoms with Crippen molar-refractivity contribution in [1.29, 1.82) is 0 Å². The average Bonchev–Trinajstić information content (AvgIpc) is 2.05. The highest BCUT2D eigenvalue weighted by atomic mass is 19.3. The van der Waals surface area contributed by atoms with Crippen LogP contribution in [0.15, 0.2) is 12.1 Å². The molecule has 0 aromatic carbocycles. The molecule has 66 valence electrons. The van der Waals surface area contributed by atoms with Crippen molar-refractivity contribution < 1.29 is 13.9 Å². The van der Waals surface area contributed by atoms with Gasteiger partial charge in [-0.2, -0.15) is 0 Å². The van der Waals surface area contributed by atoms with Gasteiger partial charge in [-0.05, 0) is 12.1 Å². The van der Waals surface area contributed by atoms with Crippen molar-refractivity contribution in [2.24, 2.45) is 5.73 Å². The van der Waals surface area contributed by atoms with E-state index in [0.717, 1.165) is 6.07 Å². The lowest BCUT2D eigenvalue weighted by molar-refractivity contribution is 0.141. The van der Waals surface area contributed by atoms with E-state index >= 15 is 0 Å². The van der Waals surface area contributed by atoms with Crippen LogP contribution >= 0.6 is 0 Å². The number of nitrogens with two attached hydrogens (primary N) is 1. The highest BCUT2D eigenvalue weighted by molar-refractivity contribution is 5.28. The van der Waals surface area contributed by atoms with E-state index in [9.17, 15) is 8.78 Å². The van der Waals surface area contributed by atoms with E-state index in [2.05, 4.69) is 4.98 Å². The van der Waals surface area contributed by atoms with Gasteiger partial charge >= 0.3 is 0 Å². The molecule has 0 atom stereocenters. The summed E-state index contributed by atoms with van der Waals surface area (Å²) in [5, 5.41) is 8.92. The molecule has 0 aliphatic rings. The summed E-state index contributed by atoms with van der Waals surface area (Å²) >= 11 is 0. The monoisotopic (exact) mass is 174 g/mol. The number of aromatic nitrogens is 1. The van der Waals surface area contributed by atoms with Crippen LogP contribution in [0.3, 0.4) is 0 Å². The van der Waals surface area contributed by atoms with Crippen LogP contribution in [0.4, 0.5) is 8.78 Å². The van der Waals surface area contributed by atoms with Crippen molar-refractivity contribution in [3.8, 4) is 5.75 Å². The maximum atomic E-state index is 12.1. The number of nitrogens with zero attached hydrogens (tertiary/aromatic N) is 1. The third kappa shape index (κ3) is 1.68. The Morgan fingerprint density at radius 2 is 2.17 bits per heavy atom. The van der Waals surface area contributed by atoms with Crippen molar-refractivity contribution in [2.45, 2.75) is 13.0 Å². The molecule has 3 N–H and O–H groups in total. The van der Waals surface area contributed by atoms with Gasteiger partial charge < -0.3 is 10.8 Å². The van der Waals surface area contributed by atoms with Crippen molar-refractivity contribution in [3.63, 3.8) is 0 Å². The molecule has 1 heterocycles. The van der Waals surface area contributed by atoms with E-state index in [1.807, 2.05) is 0 Å². The van der Waals surface area contributed by atoms with E-state index in [1.54, 1.807) is 0 Å². The Labute approximate surface area is 67.8 Å². The molecule has 0 amide bonds. The lowest BCUT2D eigenvalue weighted by atomic mass is 10.3. The predicted molar refractivity (Wildman–Crippen MR) is 38.8 cm³/mol. The van der Waals surface area contributed by atoms with Crippen LogP contribution in [0.5, 0.6) is 5.75 Å². The van der Waals surface area contributed by atoms with Gasteiger partial charge in [0.2, 0.25) is 0 Å². The SMILES string of the molecule is NCc1ccc(O)c(C(F)F)n1. The van der Waals surface area contributed by atoms with Gasteiger partial charge in [-0.15, -0.1) is 0 Å². The minimum absolute atomic E-state index is 0.0833. The summed E-state index contributed by atoms with van der Waals surface area (Å²) in [5.74, 6) is -0.498. The standard InChI is InChI=1S/C7H8F2N2O/c8-7(9)6-5(12)2-1-4(3-10)11-6/h1-2,7,12H,3,10H2. The zero-order chi connectivity index (χ0) is 9.14. The van der Waals surface area contributed by atoms with Gasteiger partial charge in [0.25, 0.3) is 6.43 Å². The van der Waals surface area contributed by atoms with Gasteiger partial charge in [-0.1, -0.05) is 0 Å². The third-order valence-corrected chi connectivity index (χ3v) is 1.38. The minimum atomic E-state index is -2.77. The number of aromatic hydroxyl groups is 1. The fraction of sp³-hybridized carbons (Fsp3) is 0.286. The molecule has 0 bridgehead atoms. The molecule has 0 fully saturated rings. The molecular weight excluding hydrogens is 166 g/mol. The highest BCUT2D eigenvalue weighted by Gasteiger charge is 2.14. The summed E-state index contributed by atoms with van der Waals surface area (Å²) < 4.78 is 24.2. The molecule has 1 aromatic rings. The fourth-order valence-electron chi connectivity index (χ4n) is 0.784. The van der Waals surface area contributed by atoms with Gasteiger partial charge in [0.05, 0.1) is 5.69 Å². The Morgan fingerprint density at radius 1 is 1.50 bits per heavy atom. The number of hydrogen-bond acceptors (Lipinski definition) is 3. The third-order valence-electron chi connectivity index (χ3n) is 1.38. The van der Waals surface area contributed by atoms with Crippen LogP contribution in [0.25, 0.3) is 0 Å². The van der Waals surface area contributed by atoms with Crippen molar-refractivity contribution >= 4 is 0 Å². The van der Waals surface area contributed by atoms with E-state index in [-0.39, 0.29) is 6.54 Å². The summed E-state index contributed by atoms with van der Waals surface area (Å²) in [6.45, 7) is 0.0833. The zero-order valence-electron chi connectivity index (χ0n) is 6.17. The molecule has 0 saturated heterocycles. The molecule has 0 radical (unpaired) electrons. The van der Waals surface area contributed by atoms with Gasteiger partial charge in [0, 0.05) is 6.54 Å². The number of hydrogen-bond donors (Lipinski definition) is 2. The molecular formula is C7H8F2N2O. The molecule has 12 heavy (non-hydrogen) atoms. The summed E-state index contributed by atoms with van der Waals surface area (Å²) in [7, 11) is 0. The second-order valence-corrected chi connectivity index (χ2v) is 2.21. The highest BCUT2D eigenvalue weighted by Crippen LogP contribution is 2.25. The summed E-state index contributed by atoms with van der Waals surface area (Å²) in [5.41, 5.74) is 4.90. The lowest BCUT2D eigenvalue weighted by Gasteiger charge is -2.03. The summed E-state index contributed by atoms with van der Waals surface area (Å²) in [6, 6.07) is 2.57. The maximum absolute atomic E-state index is 12.1. The smallest absolute Gasteiger partial charge is 0.284 e. The Bertz CT molecular complexity index is 278. The van der Waals surface area contributed by atoms with E-state index in [0.29, 0.717) is 5.69 Å². The Morgan fingerprint density at radius 3 is 2.67 bits per heavy atom. The van der Waals surface area contributed by atoms with Gasteiger partial charge in [0.15, 0.2) is 0 Å². The van der Waals surface area contributed by atoms with Gasteiger partial charge in [-0.3, -0.25) is 0 Å². The molecule has 0 saturated carbocycles. The normalized spacial score (nSPS) is 10.7. The molecule has 5 heteroatoms. The number of halogens is 2. The van der Waals surface area contributed by atoms with Crippen LogP contribution in [0.2, 0.25) is 0 Å². The molecule has 1 aromatic heterocycles. The van der Waals surface area contributed by atoms with Crippen LogP contribution in [-0.4, -0.2) is 10.1 Å². The second-order valence-electron chi connectivity index (χ2n) is 2.21. The Hall–Kier alpha value is -1.23. The largest absolute Gasteiger partial charge is 0.506 e. The molecule has 3 nitrogen and oxygen atoms in total. The number of pyridine rings is 1. The predicted octanol–water partition coefficient (Wildman–Crippen LogP) is 1.18. The quantitative estimate of drug-likeness (QED) is 0.707. The van der Waals surface area contributed by atoms with Gasteiger partial charge in [0.1, 0.15) is 11.4 Å². The van der Waals surface area contributed by atoms with Crippen molar-refractivity contribution in [1.82, 2.24) is 4.98 Å². The first-order valence-electron chi connectivity index (χ1n) is 3.32. The number of alkyl halides is 2. The summed E-state index contributed by atoms with van der Waals surface area (Å²) in [6.07, 6.45) is -2.77. The molecule has 0 aliphatic carbocycles. The maximum Gasteiger partial charge on any atom is 0.284 e. The van der Waals surface area contributed by atoms with Crippen molar-refractivity contribution in [3.05, 3.63) is 23.5 Å². The molecule has 0 aliphatic heterocycles. The van der Waals surface area contributed by atoms with Crippen LogP contribution < -0.4 is 5.73 Å². The zero-order valence-corrected chi connectivity index (χ0v) is 6.17. The van der Waals surface area contributed by atoms with E-state index in [4.69, 9.17) is 10.8 Å². The first kappa shape index (κ1) is 8.86. The Kier molecular flexibility index (Phi) is 2.54. The summed E-state index contributed by atoms with van der Waals surface area (Å²) in [4.78, 5) is 3.47. The minimum Gasteiger partial charge on any atom is -0.506 e. The second kappa shape index (κ2) is 3.44. The van der Waals surface area contributed by atoms with Crippen LogP contribution in [0.1, 0.15) is 17.8 Å². The molecule has 0 spiro atoms. The van der Waals surface area contributed by atoms with Gasteiger partial charge in [-0.25, -0.2) is 13.8 Å². The van der Waals surface area contributed by atoms with Crippen LogP contribution in [0, 0.1) is 0 Å². The first-order valence-corrected chi connectivity index (χ1v) is 3.32. The topological polar surface area (TPSA) is 59.1 Å². The molecule has 1 rings (SSSR count). The van der Waals surface area contributed by atoms with Crippen molar-refractivity contribution in [2.75, 3.05) is 0 Å². The average molecular weight is 174 g/mol. The van der Waals surface area contributed by atoms with Crippen LogP contribution in [-0.2, 0) is 6.54 Å². The van der Waals surface area contributed by atoms with E-state index in [1.165, 1.54) is 6.07 Å². The first-order chi connectivity index (χ1) is 5.65. The van der Waals surface area contributed by atoms with E-state index < -0.39 is 17.9 Å².